The number of phenols is 1. The van der Waals surface area contributed by atoms with Crippen LogP contribution in [0.5, 0.6) is 17.2 Å². The van der Waals surface area contributed by atoms with Gasteiger partial charge in [-0.15, -0.1) is 0 Å². The van der Waals surface area contributed by atoms with Crippen LogP contribution in [0.15, 0.2) is 36.4 Å². The summed E-state index contributed by atoms with van der Waals surface area (Å²) in [5, 5.41) is 9.55. The Morgan fingerprint density at radius 1 is 1.15 bits per heavy atom. The minimum Gasteiger partial charge on any atom is -0.506 e. The van der Waals surface area contributed by atoms with Gasteiger partial charge in [0, 0.05) is 6.54 Å². The van der Waals surface area contributed by atoms with E-state index >= 15 is 0 Å². The third-order valence-electron chi connectivity index (χ3n) is 4.44. The number of anilines is 1. The molecule has 0 bridgehead atoms. The number of amides is 1. The molecular formula is C19H22N2O5. The molecule has 7 heteroatoms. The Balaban J connectivity index is 1.76. The van der Waals surface area contributed by atoms with Crippen molar-refractivity contribution in [3.8, 4) is 17.2 Å². The van der Waals surface area contributed by atoms with Crippen LogP contribution in [-0.2, 0) is 17.7 Å². The van der Waals surface area contributed by atoms with Crippen molar-refractivity contribution in [3.05, 3.63) is 47.5 Å². The van der Waals surface area contributed by atoms with Crippen LogP contribution in [0.2, 0.25) is 0 Å². The van der Waals surface area contributed by atoms with E-state index in [1.54, 1.807) is 37.3 Å². The van der Waals surface area contributed by atoms with E-state index in [1.807, 2.05) is 18.2 Å². The quantitative estimate of drug-likeness (QED) is 0.609. The van der Waals surface area contributed by atoms with Crippen molar-refractivity contribution in [1.29, 1.82) is 0 Å². The molecule has 1 amide bonds. The van der Waals surface area contributed by atoms with Gasteiger partial charge in [0.25, 0.3) is 0 Å². The third-order valence-corrected chi connectivity index (χ3v) is 4.44. The van der Waals surface area contributed by atoms with Crippen molar-refractivity contribution in [3.63, 3.8) is 0 Å². The first kappa shape index (κ1) is 17.7. The number of rotatable bonds is 6. The minimum atomic E-state index is -0.350. The van der Waals surface area contributed by atoms with Gasteiger partial charge in [-0.05, 0) is 41.8 Å². The van der Waals surface area contributed by atoms with Crippen LogP contribution in [0, 0.1) is 0 Å². The number of phenolic OH excluding ortho intramolecular Hbond substituents is 1. The molecule has 2 aromatic rings. The molecule has 138 valence electrons. The fourth-order valence-corrected chi connectivity index (χ4v) is 3.03. The highest BCUT2D eigenvalue weighted by Crippen LogP contribution is 2.30. The van der Waals surface area contributed by atoms with E-state index in [1.165, 1.54) is 0 Å². The molecule has 1 fully saturated rings. The van der Waals surface area contributed by atoms with Crippen LogP contribution in [0.25, 0.3) is 0 Å². The number of methoxy groups -OCH3 is 2. The number of ether oxygens (including phenoxy) is 3. The molecule has 0 radical (unpaired) electrons. The normalized spacial score (nSPS) is 16.5. The second-order valence-electron chi connectivity index (χ2n) is 6.15. The zero-order chi connectivity index (χ0) is 18.7. The van der Waals surface area contributed by atoms with E-state index in [-0.39, 0.29) is 17.9 Å². The fraction of sp³-hybridized carbons (Fsp3) is 0.316. The molecule has 1 atom stereocenters. The molecule has 1 aliphatic rings. The number of hydrogen-bond acceptors (Lipinski definition) is 6. The number of nitrogens with two attached hydrogens (primary N) is 1. The molecule has 0 spiro atoms. The standard InChI is InChI=1S/C19H22N2O5/c1-24-17-6-4-13(9-18(17)25-2)10-21-14(11-26-19(21)23)7-12-3-5-16(22)15(20)8-12/h3-6,8-9,14,22H,7,10-11,20H2,1-2H3. The highest BCUT2D eigenvalue weighted by molar-refractivity contribution is 5.70. The van der Waals surface area contributed by atoms with Gasteiger partial charge in [0.05, 0.1) is 25.9 Å². The van der Waals surface area contributed by atoms with E-state index in [0.717, 1.165) is 11.1 Å². The largest absolute Gasteiger partial charge is 0.506 e. The van der Waals surface area contributed by atoms with Crippen LogP contribution in [0.3, 0.4) is 0 Å². The van der Waals surface area contributed by atoms with Crippen LogP contribution >= 0.6 is 0 Å². The van der Waals surface area contributed by atoms with Gasteiger partial charge in [0.1, 0.15) is 12.4 Å². The number of nitrogens with zero attached hydrogens (tertiary/aromatic N) is 1. The van der Waals surface area contributed by atoms with Crippen molar-refractivity contribution >= 4 is 11.8 Å². The molecule has 1 unspecified atom stereocenters. The second-order valence-corrected chi connectivity index (χ2v) is 6.15. The molecule has 0 aliphatic carbocycles. The van der Waals surface area contributed by atoms with Gasteiger partial charge in [-0.1, -0.05) is 12.1 Å². The maximum Gasteiger partial charge on any atom is 0.410 e. The Hall–Kier alpha value is -3.09. The lowest BCUT2D eigenvalue weighted by Crippen LogP contribution is -2.34. The van der Waals surface area contributed by atoms with Crippen molar-refractivity contribution in [2.45, 2.75) is 19.0 Å². The second kappa shape index (κ2) is 7.43. The highest BCUT2D eigenvalue weighted by Gasteiger charge is 2.33. The first-order valence-corrected chi connectivity index (χ1v) is 8.23. The Morgan fingerprint density at radius 3 is 2.58 bits per heavy atom. The van der Waals surface area contributed by atoms with Crippen LogP contribution < -0.4 is 15.2 Å². The van der Waals surface area contributed by atoms with Crippen LogP contribution in [0.4, 0.5) is 10.5 Å². The number of carbonyl (C=O) groups is 1. The molecule has 0 saturated carbocycles. The molecule has 3 N–H and O–H groups in total. The minimum absolute atomic E-state index is 0.0506. The summed E-state index contributed by atoms with van der Waals surface area (Å²) in [6.45, 7) is 0.713. The number of nitrogen functional groups attached to an aromatic ring is 1. The average Bonchev–Trinajstić information content (AvgIpc) is 2.98. The van der Waals surface area contributed by atoms with Crippen molar-refractivity contribution in [1.82, 2.24) is 4.90 Å². The lowest BCUT2D eigenvalue weighted by Gasteiger charge is -2.22. The van der Waals surface area contributed by atoms with E-state index < -0.39 is 0 Å². The van der Waals surface area contributed by atoms with Crippen LogP contribution in [-0.4, -0.2) is 43.0 Å². The van der Waals surface area contributed by atoms with Gasteiger partial charge in [-0.25, -0.2) is 4.79 Å². The number of cyclic esters (lactones) is 1. The maximum absolute atomic E-state index is 12.2. The zero-order valence-electron chi connectivity index (χ0n) is 14.8. The van der Waals surface area contributed by atoms with Gasteiger partial charge < -0.3 is 25.1 Å². The predicted octanol–water partition coefficient (Wildman–Crippen LogP) is 2.56. The van der Waals surface area contributed by atoms with Gasteiger partial charge in [-0.3, -0.25) is 4.90 Å². The van der Waals surface area contributed by atoms with E-state index in [0.29, 0.717) is 36.8 Å². The van der Waals surface area contributed by atoms with Gasteiger partial charge in [-0.2, -0.15) is 0 Å². The Bertz CT molecular complexity index is 809. The molecule has 2 aromatic carbocycles. The summed E-state index contributed by atoms with van der Waals surface area (Å²) in [6.07, 6.45) is 0.236. The number of hydrogen-bond donors (Lipinski definition) is 2. The summed E-state index contributed by atoms with van der Waals surface area (Å²) in [5.74, 6) is 1.30. The van der Waals surface area contributed by atoms with Crippen molar-refractivity contribution in [2.75, 3.05) is 26.6 Å². The zero-order valence-corrected chi connectivity index (χ0v) is 14.8. The van der Waals surface area contributed by atoms with E-state index in [2.05, 4.69) is 0 Å². The molecule has 1 heterocycles. The monoisotopic (exact) mass is 358 g/mol. The SMILES string of the molecule is COc1ccc(CN2C(=O)OCC2Cc2ccc(O)c(N)c2)cc1OC. The Morgan fingerprint density at radius 2 is 1.88 bits per heavy atom. The van der Waals surface area contributed by atoms with Crippen molar-refractivity contribution in [2.24, 2.45) is 0 Å². The lowest BCUT2D eigenvalue weighted by molar-refractivity contribution is 0.156. The number of aromatic hydroxyl groups is 1. The Kier molecular flexibility index (Phi) is 5.06. The molecule has 1 saturated heterocycles. The third kappa shape index (κ3) is 3.61. The smallest absolute Gasteiger partial charge is 0.410 e. The summed E-state index contributed by atoms with van der Waals surface area (Å²) < 4.78 is 15.8. The lowest BCUT2D eigenvalue weighted by atomic mass is 10.0. The molecular weight excluding hydrogens is 336 g/mol. The van der Waals surface area contributed by atoms with E-state index in [9.17, 15) is 9.90 Å². The number of carbonyl (C=O) groups excluding carboxylic acids is 1. The van der Waals surface area contributed by atoms with Crippen LogP contribution in [0.1, 0.15) is 11.1 Å². The summed E-state index contributed by atoms with van der Waals surface area (Å²) in [5.41, 5.74) is 7.92. The van der Waals surface area contributed by atoms with Gasteiger partial charge in [0.2, 0.25) is 0 Å². The summed E-state index contributed by atoms with van der Waals surface area (Å²) >= 11 is 0. The highest BCUT2D eigenvalue weighted by atomic mass is 16.6. The molecule has 3 rings (SSSR count). The van der Waals surface area contributed by atoms with E-state index in [4.69, 9.17) is 19.9 Å². The van der Waals surface area contributed by atoms with Crippen molar-refractivity contribution < 1.29 is 24.1 Å². The molecule has 1 aliphatic heterocycles. The molecule has 0 aromatic heterocycles. The predicted molar refractivity (Wildman–Crippen MR) is 96.4 cm³/mol. The van der Waals surface area contributed by atoms with Gasteiger partial charge >= 0.3 is 6.09 Å². The first-order valence-electron chi connectivity index (χ1n) is 8.23. The summed E-state index contributed by atoms with van der Waals surface area (Å²) in [4.78, 5) is 13.8. The molecule has 7 nitrogen and oxygen atoms in total. The Labute approximate surface area is 151 Å². The number of benzene rings is 2. The maximum atomic E-state index is 12.2. The van der Waals surface area contributed by atoms with Gasteiger partial charge in [0.15, 0.2) is 11.5 Å². The topological polar surface area (TPSA) is 94.2 Å². The average molecular weight is 358 g/mol. The molecule has 26 heavy (non-hydrogen) atoms. The summed E-state index contributed by atoms with van der Waals surface area (Å²) in [6, 6.07) is 10.5. The first-order chi connectivity index (χ1) is 12.5. The fourth-order valence-electron chi connectivity index (χ4n) is 3.03. The summed E-state index contributed by atoms with van der Waals surface area (Å²) in [7, 11) is 3.15.